The number of hydrogen-bond acceptors (Lipinski definition) is 5. The second-order valence-corrected chi connectivity index (χ2v) is 7.83. The summed E-state index contributed by atoms with van der Waals surface area (Å²) in [7, 11) is 0. The summed E-state index contributed by atoms with van der Waals surface area (Å²) in [5.41, 5.74) is 0.647. The first kappa shape index (κ1) is 27.5. The van der Waals surface area contributed by atoms with E-state index >= 15 is 0 Å². The number of nitrogens with one attached hydrogen (secondary N) is 3. The highest BCUT2D eigenvalue weighted by Crippen LogP contribution is 2.30. The molecular formula is C23H34IN5O3. The lowest BCUT2D eigenvalue weighted by atomic mass is 10.1. The summed E-state index contributed by atoms with van der Waals surface area (Å²) in [6.45, 7) is 11.5. The Morgan fingerprint density at radius 1 is 1.06 bits per heavy atom. The van der Waals surface area contributed by atoms with Crippen molar-refractivity contribution in [2.75, 3.05) is 19.7 Å². The minimum atomic E-state index is -0.271. The molecule has 0 bridgehead atoms. The van der Waals surface area contributed by atoms with Crippen LogP contribution in [-0.2, 0) is 11.3 Å². The van der Waals surface area contributed by atoms with Crippen LogP contribution < -0.4 is 25.4 Å². The van der Waals surface area contributed by atoms with Gasteiger partial charge in [0.2, 0.25) is 11.8 Å². The molecule has 9 heteroatoms. The molecule has 8 nitrogen and oxygen atoms in total. The average Bonchev–Trinajstić information content (AvgIpc) is 2.71. The molecule has 1 amide bonds. The largest absolute Gasteiger partial charge is 0.490 e. The molecule has 0 radical (unpaired) electrons. The Labute approximate surface area is 207 Å². The second-order valence-electron chi connectivity index (χ2n) is 7.83. The molecule has 0 fully saturated rings. The van der Waals surface area contributed by atoms with E-state index in [1.807, 2.05) is 65.0 Å². The zero-order chi connectivity index (χ0) is 22.7. The quantitative estimate of drug-likeness (QED) is 0.247. The lowest BCUT2D eigenvalue weighted by Gasteiger charge is -2.21. The number of benzene rings is 1. The highest BCUT2D eigenvalue weighted by Gasteiger charge is 2.13. The van der Waals surface area contributed by atoms with Gasteiger partial charge in [-0.05, 0) is 52.3 Å². The molecule has 0 saturated carbocycles. The number of carbonyl (C=O) groups is 1. The molecule has 176 valence electrons. The van der Waals surface area contributed by atoms with Crippen molar-refractivity contribution < 1.29 is 14.3 Å². The molecule has 0 atom stereocenters. The topological polar surface area (TPSA) is 96.9 Å². The number of guanidine groups is 1. The van der Waals surface area contributed by atoms with Gasteiger partial charge in [0.25, 0.3) is 0 Å². The van der Waals surface area contributed by atoms with Crippen molar-refractivity contribution in [1.29, 1.82) is 0 Å². The molecule has 0 saturated heterocycles. The maximum absolute atomic E-state index is 12.0. The van der Waals surface area contributed by atoms with Crippen LogP contribution in [0.3, 0.4) is 0 Å². The van der Waals surface area contributed by atoms with E-state index in [0.717, 1.165) is 5.56 Å². The molecule has 2 aromatic rings. The molecule has 0 aliphatic heterocycles. The molecular weight excluding hydrogens is 521 g/mol. The number of carbonyl (C=O) groups excluding carboxylic acids is 1. The fourth-order valence-electron chi connectivity index (χ4n) is 2.63. The van der Waals surface area contributed by atoms with Crippen LogP contribution in [0.4, 0.5) is 0 Å². The Hall–Kier alpha value is -2.56. The van der Waals surface area contributed by atoms with Gasteiger partial charge < -0.3 is 25.4 Å². The zero-order valence-corrected chi connectivity index (χ0v) is 21.7. The number of amides is 1. The summed E-state index contributed by atoms with van der Waals surface area (Å²) in [6, 6.07) is 11.2. The summed E-state index contributed by atoms with van der Waals surface area (Å²) in [4.78, 5) is 20.9. The summed E-state index contributed by atoms with van der Waals surface area (Å²) in [5, 5.41) is 9.09. The highest BCUT2D eigenvalue weighted by atomic mass is 127. The molecule has 32 heavy (non-hydrogen) atoms. The smallest absolute Gasteiger partial charge is 0.239 e. The third-order valence-corrected chi connectivity index (χ3v) is 3.86. The highest BCUT2D eigenvalue weighted by molar-refractivity contribution is 14.0. The van der Waals surface area contributed by atoms with Gasteiger partial charge in [-0.25, -0.2) is 9.98 Å². The lowest BCUT2D eigenvalue weighted by Crippen LogP contribution is -2.48. The number of para-hydroxylation sites is 2. The number of hydrogen-bond donors (Lipinski definition) is 3. The van der Waals surface area contributed by atoms with Crippen molar-refractivity contribution >= 4 is 35.8 Å². The van der Waals surface area contributed by atoms with Crippen molar-refractivity contribution in [3.05, 3.63) is 48.2 Å². The molecule has 0 unspecified atom stereocenters. The van der Waals surface area contributed by atoms with Crippen LogP contribution in [0.1, 0.15) is 40.2 Å². The van der Waals surface area contributed by atoms with Crippen LogP contribution in [0.15, 0.2) is 47.6 Å². The number of ether oxygens (including phenoxy) is 2. The Morgan fingerprint density at radius 3 is 2.38 bits per heavy atom. The molecule has 2 rings (SSSR count). The molecule has 3 N–H and O–H groups in total. The van der Waals surface area contributed by atoms with Crippen LogP contribution in [0.25, 0.3) is 0 Å². The van der Waals surface area contributed by atoms with E-state index in [9.17, 15) is 4.79 Å². The van der Waals surface area contributed by atoms with Gasteiger partial charge in [-0.15, -0.1) is 24.0 Å². The monoisotopic (exact) mass is 555 g/mol. The fourth-order valence-corrected chi connectivity index (χ4v) is 2.63. The number of aromatic nitrogens is 1. The van der Waals surface area contributed by atoms with Crippen molar-refractivity contribution in [3.8, 4) is 17.4 Å². The van der Waals surface area contributed by atoms with E-state index in [4.69, 9.17) is 9.47 Å². The SMILES string of the molecule is CCNC(=NCc1ccc(Oc2ccccc2OCC)nc1)NCC(=O)NC(C)(C)C.I. The molecule has 0 spiro atoms. The van der Waals surface area contributed by atoms with Gasteiger partial charge in [-0.3, -0.25) is 4.79 Å². The van der Waals surface area contributed by atoms with Crippen LogP contribution in [0.5, 0.6) is 17.4 Å². The Kier molecular flexibility index (Phi) is 11.8. The fraction of sp³-hybridized carbons (Fsp3) is 0.435. The number of rotatable bonds is 9. The van der Waals surface area contributed by atoms with E-state index in [1.54, 1.807) is 12.3 Å². The first-order valence-electron chi connectivity index (χ1n) is 10.5. The summed E-state index contributed by atoms with van der Waals surface area (Å²) in [6.07, 6.45) is 1.72. The maximum atomic E-state index is 12.0. The molecule has 0 aliphatic rings. The first-order valence-corrected chi connectivity index (χ1v) is 10.5. The Balaban J connectivity index is 0.00000512. The van der Waals surface area contributed by atoms with Gasteiger partial charge in [0.1, 0.15) is 0 Å². The van der Waals surface area contributed by atoms with Crippen LogP contribution in [-0.4, -0.2) is 42.1 Å². The predicted octanol–water partition coefficient (Wildman–Crippen LogP) is 3.86. The van der Waals surface area contributed by atoms with Gasteiger partial charge >= 0.3 is 0 Å². The van der Waals surface area contributed by atoms with E-state index in [-0.39, 0.29) is 42.0 Å². The van der Waals surface area contributed by atoms with E-state index in [2.05, 4.69) is 25.9 Å². The van der Waals surface area contributed by atoms with Gasteiger partial charge in [-0.1, -0.05) is 18.2 Å². The number of aliphatic imine (C=N–C) groups is 1. The Morgan fingerprint density at radius 2 is 1.78 bits per heavy atom. The summed E-state index contributed by atoms with van der Waals surface area (Å²) >= 11 is 0. The second kappa shape index (κ2) is 13.8. The third-order valence-electron chi connectivity index (χ3n) is 3.86. The van der Waals surface area contributed by atoms with Crippen molar-refractivity contribution in [3.63, 3.8) is 0 Å². The third kappa shape index (κ3) is 10.2. The van der Waals surface area contributed by atoms with Crippen molar-refractivity contribution in [2.24, 2.45) is 4.99 Å². The minimum Gasteiger partial charge on any atom is -0.490 e. The van der Waals surface area contributed by atoms with Crippen LogP contribution in [0, 0.1) is 0 Å². The summed E-state index contributed by atoms with van der Waals surface area (Å²) in [5.74, 6) is 2.25. The van der Waals surface area contributed by atoms with Crippen molar-refractivity contribution in [2.45, 2.75) is 46.7 Å². The number of nitrogens with zero attached hydrogens (tertiary/aromatic N) is 2. The normalized spacial score (nSPS) is 11.2. The van der Waals surface area contributed by atoms with Gasteiger partial charge in [-0.2, -0.15) is 0 Å². The van der Waals surface area contributed by atoms with Gasteiger partial charge in [0.15, 0.2) is 17.5 Å². The van der Waals surface area contributed by atoms with Gasteiger partial charge in [0, 0.05) is 24.3 Å². The maximum Gasteiger partial charge on any atom is 0.239 e. The first-order chi connectivity index (χ1) is 14.8. The molecule has 1 aromatic heterocycles. The lowest BCUT2D eigenvalue weighted by molar-refractivity contribution is -0.121. The summed E-state index contributed by atoms with van der Waals surface area (Å²) < 4.78 is 11.4. The predicted molar refractivity (Wildman–Crippen MR) is 138 cm³/mol. The average molecular weight is 555 g/mol. The standard InChI is InChI=1S/C23H33N5O3.HI/c1-6-24-22(27-16-20(29)28-23(3,4)5)26-15-17-12-13-21(25-14-17)31-19-11-9-8-10-18(19)30-7-2;/h8-14H,6-7,15-16H2,1-5H3,(H,28,29)(H2,24,26,27);1H. The number of halogens is 1. The van der Waals surface area contributed by atoms with E-state index in [1.165, 1.54) is 0 Å². The Bertz CT molecular complexity index is 867. The van der Waals surface area contributed by atoms with E-state index in [0.29, 0.717) is 43.0 Å². The zero-order valence-electron chi connectivity index (χ0n) is 19.4. The van der Waals surface area contributed by atoms with E-state index < -0.39 is 0 Å². The molecule has 0 aliphatic carbocycles. The van der Waals surface area contributed by atoms with Crippen LogP contribution >= 0.6 is 24.0 Å². The van der Waals surface area contributed by atoms with Crippen molar-refractivity contribution in [1.82, 2.24) is 20.9 Å². The minimum absolute atomic E-state index is 0. The van der Waals surface area contributed by atoms with Gasteiger partial charge in [0.05, 0.1) is 19.7 Å². The molecule has 1 aromatic carbocycles. The van der Waals surface area contributed by atoms with Crippen LogP contribution in [0.2, 0.25) is 0 Å². The number of pyridine rings is 1. The molecule has 1 heterocycles.